The van der Waals surface area contributed by atoms with Crippen molar-refractivity contribution in [2.75, 3.05) is 6.61 Å². The minimum absolute atomic E-state index is 0.398. The van der Waals surface area contributed by atoms with Crippen LogP contribution < -0.4 is 0 Å². The van der Waals surface area contributed by atoms with E-state index in [4.69, 9.17) is 5.11 Å². The molecular formula is C12H28OSi. The van der Waals surface area contributed by atoms with E-state index in [1.165, 1.54) is 44.6 Å². The van der Waals surface area contributed by atoms with Crippen LogP contribution in [0.5, 0.6) is 0 Å². The molecule has 0 radical (unpaired) electrons. The van der Waals surface area contributed by atoms with E-state index in [0.29, 0.717) is 6.61 Å². The monoisotopic (exact) mass is 216 g/mol. The minimum Gasteiger partial charge on any atom is -0.397 e. The molecule has 0 aliphatic rings. The predicted molar refractivity (Wildman–Crippen MR) is 67.6 cm³/mol. The lowest BCUT2D eigenvalue weighted by Crippen LogP contribution is -2.25. The lowest BCUT2D eigenvalue weighted by molar-refractivity contribution is 0.316. The van der Waals surface area contributed by atoms with Gasteiger partial charge < -0.3 is 5.11 Å². The summed E-state index contributed by atoms with van der Waals surface area (Å²) in [6.45, 7) is 7.46. The fourth-order valence-electron chi connectivity index (χ4n) is 1.81. The first-order valence-corrected chi connectivity index (χ1v) is 9.64. The molecule has 0 bridgehead atoms. The SMILES string of the molecule is CCCCCCCC[Si](C)(C)CCO. The van der Waals surface area contributed by atoms with Crippen molar-refractivity contribution in [3.05, 3.63) is 0 Å². The van der Waals surface area contributed by atoms with Crippen LogP contribution in [-0.2, 0) is 0 Å². The fourth-order valence-corrected chi connectivity index (χ4v) is 3.87. The molecule has 0 unspecified atom stereocenters. The first kappa shape index (κ1) is 14.2. The molecule has 0 saturated heterocycles. The van der Waals surface area contributed by atoms with E-state index in [9.17, 15) is 0 Å². The third kappa shape index (κ3) is 8.76. The van der Waals surface area contributed by atoms with Gasteiger partial charge in [-0.05, 0) is 6.04 Å². The van der Waals surface area contributed by atoms with Gasteiger partial charge in [-0.2, -0.15) is 0 Å². The van der Waals surface area contributed by atoms with Crippen LogP contribution in [0.4, 0.5) is 0 Å². The van der Waals surface area contributed by atoms with E-state index >= 15 is 0 Å². The van der Waals surface area contributed by atoms with E-state index in [2.05, 4.69) is 20.0 Å². The zero-order valence-corrected chi connectivity index (χ0v) is 11.3. The molecule has 0 atom stereocenters. The first-order chi connectivity index (χ1) is 6.62. The normalized spacial score (nSPS) is 12.0. The summed E-state index contributed by atoms with van der Waals surface area (Å²) < 4.78 is 0. The van der Waals surface area contributed by atoms with Gasteiger partial charge in [0.05, 0.1) is 0 Å². The molecule has 1 nitrogen and oxygen atoms in total. The van der Waals surface area contributed by atoms with Crippen molar-refractivity contribution in [2.45, 2.75) is 70.6 Å². The maximum atomic E-state index is 8.91. The second-order valence-corrected chi connectivity index (χ2v) is 10.5. The van der Waals surface area contributed by atoms with Crippen molar-refractivity contribution in [3.63, 3.8) is 0 Å². The van der Waals surface area contributed by atoms with E-state index in [1.807, 2.05) is 0 Å². The maximum Gasteiger partial charge on any atom is 0.0496 e. The van der Waals surface area contributed by atoms with Crippen LogP contribution in [-0.4, -0.2) is 19.8 Å². The molecule has 0 rings (SSSR count). The Labute approximate surface area is 90.9 Å². The maximum absolute atomic E-state index is 8.91. The number of aliphatic hydroxyl groups excluding tert-OH is 1. The van der Waals surface area contributed by atoms with Gasteiger partial charge in [-0.15, -0.1) is 0 Å². The summed E-state index contributed by atoms with van der Waals surface area (Å²) in [4.78, 5) is 0. The Hall–Kier alpha value is 0.177. The third-order valence-electron chi connectivity index (χ3n) is 3.00. The van der Waals surface area contributed by atoms with Gasteiger partial charge in [0.1, 0.15) is 0 Å². The number of rotatable bonds is 9. The Morgan fingerprint density at radius 2 is 1.43 bits per heavy atom. The quantitative estimate of drug-likeness (QED) is 0.455. The predicted octanol–water partition coefficient (Wildman–Crippen LogP) is 4.05. The van der Waals surface area contributed by atoms with Crippen LogP contribution >= 0.6 is 0 Å². The van der Waals surface area contributed by atoms with Crippen LogP contribution in [0, 0.1) is 0 Å². The Balaban J connectivity index is 3.26. The fraction of sp³-hybridized carbons (Fsp3) is 1.00. The summed E-state index contributed by atoms with van der Waals surface area (Å²) in [6, 6.07) is 2.49. The molecule has 14 heavy (non-hydrogen) atoms. The molecule has 0 aliphatic carbocycles. The Morgan fingerprint density at radius 3 is 2.00 bits per heavy atom. The average Bonchev–Trinajstić information content (AvgIpc) is 2.11. The van der Waals surface area contributed by atoms with Gasteiger partial charge in [0.2, 0.25) is 0 Å². The van der Waals surface area contributed by atoms with Crippen molar-refractivity contribution in [2.24, 2.45) is 0 Å². The van der Waals surface area contributed by atoms with Crippen molar-refractivity contribution < 1.29 is 5.11 Å². The van der Waals surface area contributed by atoms with Crippen LogP contribution in [0.15, 0.2) is 0 Å². The second-order valence-electron chi connectivity index (χ2n) is 5.16. The minimum atomic E-state index is -1.02. The molecule has 2 heteroatoms. The molecule has 0 aromatic rings. The van der Waals surface area contributed by atoms with Crippen LogP contribution in [0.1, 0.15) is 45.4 Å². The van der Waals surface area contributed by atoms with Crippen molar-refractivity contribution in [1.29, 1.82) is 0 Å². The highest BCUT2D eigenvalue weighted by atomic mass is 28.3. The van der Waals surface area contributed by atoms with Gasteiger partial charge in [-0.3, -0.25) is 0 Å². The summed E-state index contributed by atoms with van der Waals surface area (Å²) in [5.74, 6) is 0. The summed E-state index contributed by atoms with van der Waals surface area (Å²) in [5.41, 5.74) is 0. The van der Waals surface area contributed by atoms with Gasteiger partial charge in [-0.25, -0.2) is 0 Å². The number of unbranched alkanes of at least 4 members (excludes halogenated alkanes) is 5. The summed E-state index contributed by atoms with van der Waals surface area (Å²) in [5, 5.41) is 8.91. The van der Waals surface area contributed by atoms with E-state index in [1.54, 1.807) is 0 Å². The van der Waals surface area contributed by atoms with E-state index in [-0.39, 0.29) is 0 Å². The Morgan fingerprint density at radius 1 is 0.857 bits per heavy atom. The number of hydrogen-bond donors (Lipinski definition) is 1. The molecule has 0 fully saturated rings. The Bertz CT molecular complexity index is 123. The summed E-state index contributed by atoms with van der Waals surface area (Å²) in [6.07, 6.45) is 8.36. The van der Waals surface area contributed by atoms with E-state index < -0.39 is 8.07 Å². The molecule has 0 spiro atoms. The summed E-state index contributed by atoms with van der Waals surface area (Å²) in [7, 11) is -1.02. The highest BCUT2D eigenvalue weighted by Gasteiger charge is 2.18. The standard InChI is InChI=1S/C12H28OSi/c1-4-5-6-7-8-9-11-14(2,3)12-10-13/h13H,4-12H2,1-3H3. The molecule has 0 aromatic heterocycles. The lowest BCUT2D eigenvalue weighted by atomic mass is 10.1. The molecule has 0 aliphatic heterocycles. The zero-order chi connectivity index (χ0) is 10.9. The smallest absolute Gasteiger partial charge is 0.0496 e. The van der Waals surface area contributed by atoms with Gasteiger partial charge in [-0.1, -0.05) is 64.6 Å². The summed E-state index contributed by atoms with van der Waals surface area (Å²) >= 11 is 0. The number of aliphatic hydroxyl groups is 1. The lowest BCUT2D eigenvalue weighted by Gasteiger charge is -2.20. The molecule has 0 aromatic carbocycles. The Kier molecular flexibility index (Phi) is 8.59. The van der Waals surface area contributed by atoms with Crippen molar-refractivity contribution >= 4 is 8.07 Å². The second kappa shape index (κ2) is 8.48. The van der Waals surface area contributed by atoms with Crippen LogP contribution in [0.3, 0.4) is 0 Å². The molecule has 1 N–H and O–H groups in total. The van der Waals surface area contributed by atoms with Gasteiger partial charge in [0, 0.05) is 14.7 Å². The molecule has 0 heterocycles. The third-order valence-corrected chi connectivity index (χ3v) is 6.28. The number of hydrogen-bond acceptors (Lipinski definition) is 1. The van der Waals surface area contributed by atoms with Crippen molar-refractivity contribution in [1.82, 2.24) is 0 Å². The topological polar surface area (TPSA) is 20.2 Å². The average molecular weight is 216 g/mol. The van der Waals surface area contributed by atoms with Gasteiger partial charge in [0.25, 0.3) is 0 Å². The molecule has 86 valence electrons. The molecular weight excluding hydrogens is 188 g/mol. The van der Waals surface area contributed by atoms with Crippen molar-refractivity contribution in [3.8, 4) is 0 Å². The molecule has 0 amide bonds. The van der Waals surface area contributed by atoms with Crippen LogP contribution in [0.25, 0.3) is 0 Å². The zero-order valence-electron chi connectivity index (χ0n) is 10.3. The first-order valence-electron chi connectivity index (χ1n) is 6.23. The highest BCUT2D eigenvalue weighted by Crippen LogP contribution is 2.19. The van der Waals surface area contributed by atoms with Crippen LogP contribution in [0.2, 0.25) is 25.2 Å². The van der Waals surface area contributed by atoms with E-state index in [0.717, 1.165) is 6.04 Å². The van der Waals surface area contributed by atoms with Gasteiger partial charge >= 0.3 is 0 Å². The highest BCUT2D eigenvalue weighted by molar-refractivity contribution is 6.77. The molecule has 0 saturated carbocycles. The largest absolute Gasteiger partial charge is 0.397 e. The van der Waals surface area contributed by atoms with Gasteiger partial charge in [0.15, 0.2) is 0 Å².